The van der Waals surface area contributed by atoms with Crippen molar-refractivity contribution in [3.05, 3.63) is 12.2 Å². The Kier molecular flexibility index (Phi) is 13.6. The second-order valence-corrected chi connectivity index (χ2v) is 2.34. The molecule has 0 aliphatic rings. The van der Waals surface area contributed by atoms with E-state index >= 15 is 0 Å². The van der Waals surface area contributed by atoms with Gasteiger partial charge in [0.1, 0.15) is 0 Å². The topological polar surface area (TPSA) is 64.6 Å². The maximum absolute atomic E-state index is 10.6. The zero-order valence-electron chi connectivity index (χ0n) is 9.70. The highest BCUT2D eigenvalue weighted by atomic mass is 16.5. The van der Waals surface area contributed by atoms with Crippen molar-refractivity contribution in [2.75, 3.05) is 27.3 Å². The van der Waals surface area contributed by atoms with Crippen molar-refractivity contribution in [1.29, 1.82) is 0 Å². The highest BCUT2D eigenvalue weighted by Gasteiger charge is 1.97. The molecule has 15 heavy (non-hydrogen) atoms. The Bertz CT molecular complexity index is 182. The lowest BCUT2D eigenvalue weighted by atomic mass is 10.5. The van der Waals surface area contributed by atoms with Gasteiger partial charge in [0.25, 0.3) is 0 Å². The molecule has 0 heterocycles. The maximum Gasteiger partial charge on any atom is 0.330 e. The lowest BCUT2D eigenvalue weighted by Gasteiger charge is -1.95. The van der Waals surface area contributed by atoms with E-state index in [0.29, 0.717) is 13.2 Å². The highest BCUT2D eigenvalue weighted by Crippen LogP contribution is 1.84. The summed E-state index contributed by atoms with van der Waals surface area (Å²) >= 11 is 0. The predicted octanol–water partition coefficient (Wildman–Crippen LogP) is 0.504. The number of carbonyl (C=O) groups excluding carboxylic acids is 2. The van der Waals surface area contributed by atoms with Crippen LogP contribution < -0.4 is 5.32 Å². The second-order valence-electron chi connectivity index (χ2n) is 2.34. The van der Waals surface area contributed by atoms with E-state index in [-0.39, 0.29) is 0 Å². The van der Waals surface area contributed by atoms with Crippen LogP contribution in [0.2, 0.25) is 0 Å². The fourth-order valence-corrected chi connectivity index (χ4v) is 0.517. The van der Waals surface area contributed by atoms with Crippen molar-refractivity contribution >= 4 is 11.9 Å². The quantitative estimate of drug-likeness (QED) is 0.549. The third-order valence-corrected chi connectivity index (χ3v) is 0.929. The van der Waals surface area contributed by atoms with E-state index in [0.717, 1.165) is 12.2 Å². The minimum Gasteiger partial charge on any atom is -0.463 e. The van der Waals surface area contributed by atoms with Crippen molar-refractivity contribution in [3.8, 4) is 0 Å². The van der Waals surface area contributed by atoms with Crippen LogP contribution in [0.15, 0.2) is 12.2 Å². The molecule has 0 atom stereocenters. The van der Waals surface area contributed by atoms with E-state index in [2.05, 4.69) is 14.8 Å². The molecule has 0 aromatic rings. The molecule has 0 aliphatic carbocycles. The summed E-state index contributed by atoms with van der Waals surface area (Å²) in [4.78, 5) is 21.3. The van der Waals surface area contributed by atoms with Crippen molar-refractivity contribution in [2.24, 2.45) is 0 Å². The molecule has 0 bridgehead atoms. The van der Waals surface area contributed by atoms with Crippen molar-refractivity contribution in [2.45, 2.75) is 13.8 Å². The average molecular weight is 217 g/mol. The van der Waals surface area contributed by atoms with Gasteiger partial charge in [0.2, 0.25) is 0 Å². The van der Waals surface area contributed by atoms with Gasteiger partial charge in [0.05, 0.1) is 13.2 Å². The standard InChI is InChI=1S/C8H12O4.C2H7N/c1-3-11-7(9)5-6-8(10)12-4-2;1-3-2/h5-6H,3-4H2,1-2H3;3H,1-2H3. The van der Waals surface area contributed by atoms with Crippen LogP contribution in [-0.4, -0.2) is 39.2 Å². The molecule has 5 nitrogen and oxygen atoms in total. The van der Waals surface area contributed by atoms with Gasteiger partial charge in [0.15, 0.2) is 0 Å². The van der Waals surface area contributed by atoms with Crippen LogP contribution in [0, 0.1) is 0 Å². The first-order valence-corrected chi connectivity index (χ1v) is 4.72. The number of rotatable bonds is 4. The Labute approximate surface area is 90.4 Å². The first-order chi connectivity index (χ1) is 7.12. The molecule has 88 valence electrons. The molecule has 0 fully saturated rings. The summed E-state index contributed by atoms with van der Waals surface area (Å²) in [6.07, 6.45) is 2.09. The molecule has 0 rings (SSSR count). The van der Waals surface area contributed by atoms with Crippen LogP contribution >= 0.6 is 0 Å². The van der Waals surface area contributed by atoms with Gasteiger partial charge in [-0.3, -0.25) is 0 Å². The van der Waals surface area contributed by atoms with Crippen LogP contribution in [0.3, 0.4) is 0 Å². The molecular weight excluding hydrogens is 198 g/mol. The lowest BCUT2D eigenvalue weighted by Crippen LogP contribution is -2.03. The van der Waals surface area contributed by atoms with Gasteiger partial charge >= 0.3 is 11.9 Å². The zero-order valence-corrected chi connectivity index (χ0v) is 9.70. The SMILES string of the molecule is CCOC(=O)C=CC(=O)OCC.CNC. The Morgan fingerprint density at radius 3 is 1.47 bits per heavy atom. The summed E-state index contributed by atoms with van der Waals surface area (Å²) < 4.78 is 9.07. The molecule has 0 saturated heterocycles. The van der Waals surface area contributed by atoms with Crippen LogP contribution in [-0.2, 0) is 19.1 Å². The summed E-state index contributed by atoms with van der Waals surface area (Å²) in [6.45, 7) is 3.98. The Morgan fingerprint density at radius 2 is 1.27 bits per heavy atom. The molecule has 1 N–H and O–H groups in total. The van der Waals surface area contributed by atoms with Gasteiger partial charge in [-0.15, -0.1) is 0 Å². The summed E-state index contributed by atoms with van der Waals surface area (Å²) in [5.74, 6) is -1.07. The first kappa shape index (κ1) is 16.1. The van der Waals surface area contributed by atoms with E-state index in [9.17, 15) is 9.59 Å². The monoisotopic (exact) mass is 217 g/mol. The van der Waals surface area contributed by atoms with Gasteiger partial charge < -0.3 is 14.8 Å². The van der Waals surface area contributed by atoms with Gasteiger partial charge in [-0.25, -0.2) is 9.59 Å². The molecule has 0 aliphatic heterocycles. The van der Waals surface area contributed by atoms with Gasteiger partial charge in [-0.1, -0.05) is 0 Å². The van der Waals surface area contributed by atoms with Crippen LogP contribution in [0.25, 0.3) is 0 Å². The van der Waals surface area contributed by atoms with Gasteiger partial charge in [0, 0.05) is 12.2 Å². The van der Waals surface area contributed by atoms with E-state index in [1.807, 2.05) is 14.1 Å². The predicted molar refractivity (Wildman–Crippen MR) is 57.4 cm³/mol. The molecule has 0 aromatic carbocycles. The van der Waals surface area contributed by atoms with Crippen molar-refractivity contribution in [1.82, 2.24) is 5.32 Å². The molecule has 0 spiro atoms. The molecular formula is C10H19NO4. The van der Waals surface area contributed by atoms with Crippen molar-refractivity contribution < 1.29 is 19.1 Å². The Morgan fingerprint density at radius 1 is 1.00 bits per heavy atom. The van der Waals surface area contributed by atoms with E-state index in [1.165, 1.54) is 0 Å². The van der Waals surface area contributed by atoms with Crippen LogP contribution in [0.5, 0.6) is 0 Å². The fraction of sp³-hybridized carbons (Fsp3) is 0.600. The van der Waals surface area contributed by atoms with Crippen molar-refractivity contribution in [3.63, 3.8) is 0 Å². The van der Waals surface area contributed by atoms with E-state index in [4.69, 9.17) is 0 Å². The highest BCUT2D eigenvalue weighted by molar-refractivity contribution is 5.91. The second kappa shape index (κ2) is 12.6. The molecule has 0 saturated carbocycles. The zero-order chi connectivity index (χ0) is 12.1. The molecule has 0 aromatic heterocycles. The minimum absolute atomic E-state index is 0.298. The smallest absolute Gasteiger partial charge is 0.330 e. The normalized spacial score (nSPS) is 9.07. The summed E-state index contributed by atoms with van der Waals surface area (Å²) in [5.41, 5.74) is 0. The number of esters is 2. The number of ether oxygens (including phenoxy) is 2. The fourth-order valence-electron chi connectivity index (χ4n) is 0.517. The Hall–Kier alpha value is -1.36. The van der Waals surface area contributed by atoms with Gasteiger partial charge in [-0.2, -0.15) is 0 Å². The van der Waals surface area contributed by atoms with Crippen LogP contribution in [0.4, 0.5) is 0 Å². The van der Waals surface area contributed by atoms with Gasteiger partial charge in [-0.05, 0) is 27.9 Å². The number of hydrogen-bond acceptors (Lipinski definition) is 5. The molecule has 0 amide bonds. The van der Waals surface area contributed by atoms with E-state index < -0.39 is 11.9 Å². The van der Waals surface area contributed by atoms with Crippen LogP contribution in [0.1, 0.15) is 13.8 Å². The molecule has 0 unspecified atom stereocenters. The summed E-state index contributed by atoms with van der Waals surface area (Å²) in [5, 5.41) is 2.75. The Balaban J connectivity index is 0. The number of nitrogens with one attached hydrogen (secondary N) is 1. The first-order valence-electron chi connectivity index (χ1n) is 4.72. The third kappa shape index (κ3) is 15.4. The minimum atomic E-state index is -0.537. The largest absolute Gasteiger partial charge is 0.463 e. The average Bonchev–Trinajstić information content (AvgIpc) is 2.17. The number of hydrogen-bond donors (Lipinski definition) is 1. The number of carbonyl (C=O) groups is 2. The van der Waals surface area contributed by atoms with E-state index in [1.54, 1.807) is 13.8 Å². The maximum atomic E-state index is 10.6. The molecule has 5 heteroatoms. The lowest BCUT2D eigenvalue weighted by molar-refractivity contribution is -0.140. The summed E-state index contributed by atoms with van der Waals surface area (Å²) in [7, 11) is 3.75. The molecule has 0 radical (unpaired) electrons. The summed E-state index contributed by atoms with van der Waals surface area (Å²) in [6, 6.07) is 0. The third-order valence-electron chi connectivity index (χ3n) is 0.929.